The highest BCUT2D eigenvalue weighted by atomic mass is 35.5. The van der Waals surface area contributed by atoms with Crippen molar-refractivity contribution in [2.24, 2.45) is 0 Å². The van der Waals surface area contributed by atoms with Crippen molar-refractivity contribution in [2.75, 3.05) is 11.9 Å². The maximum absolute atomic E-state index is 11.9. The first-order valence-electron chi connectivity index (χ1n) is 5.74. The summed E-state index contributed by atoms with van der Waals surface area (Å²) in [6.45, 7) is 2.56. The molecule has 0 radical (unpaired) electrons. The standard InChI is InChI=1S/C14H14N2O2.ClH/c1-2-18-13-5-3-12(4-6-13)16-14(17)11-7-9-15-10-8-11;/h3-10H,2H2,1H3,(H,16,17);1H. The first-order chi connectivity index (χ1) is 8.79. The molecule has 1 heterocycles. The second kappa shape index (κ2) is 7.38. The fourth-order valence-electron chi connectivity index (χ4n) is 1.51. The Morgan fingerprint density at radius 3 is 2.37 bits per heavy atom. The summed E-state index contributed by atoms with van der Waals surface area (Å²) in [7, 11) is 0. The molecule has 0 fully saturated rings. The summed E-state index contributed by atoms with van der Waals surface area (Å²) in [5.41, 5.74) is 1.32. The Balaban J connectivity index is 0.00000180. The molecule has 19 heavy (non-hydrogen) atoms. The predicted molar refractivity (Wildman–Crippen MR) is 77.0 cm³/mol. The van der Waals surface area contributed by atoms with Gasteiger partial charge in [0, 0.05) is 23.6 Å². The van der Waals surface area contributed by atoms with Gasteiger partial charge in [-0.1, -0.05) is 0 Å². The molecule has 0 atom stereocenters. The van der Waals surface area contributed by atoms with Crippen LogP contribution in [0.4, 0.5) is 5.69 Å². The van der Waals surface area contributed by atoms with Crippen molar-refractivity contribution in [3.8, 4) is 5.75 Å². The fraction of sp³-hybridized carbons (Fsp3) is 0.143. The Morgan fingerprint density at radius 2 is 1.79 bits per heavy atom. The number of carbonyl (C=O) groups is 1. The molecule has 100 valence electrons. The summed E-state index contributed by atoms with van der Waals surface area (Å²) in [6.07, 6.45) is 3.18. The summed E-state index contributed by atoms with van der Waals surface area (Å²) < 4.78 is 5.33. The molecular formula is C14H15ClN2O2. The third kappa shape index (κ3) is 4.26. The van der Waals surface area contributed by atoms with Gasteiger partial charge in [-0.05, 0) is 43.3 Å². The molecule has 0 saturated heterocycles. The molecule has 2 aromatic rings. The van der Waals surface area contributed by atoms with E-state index in [4.69, 9.17) is 4.74 Å². The molecule has 4 nitrogen and oxygen atoms in total. The van der Waals surface area contributed by atoms with E-state index in [1.54, 1.807) is 24.5 Å². The lowest BCUT2D eigenvalue weighted by molar-refractivity contribution is 0.102. The number of rotatable bonds is 4. The molecule has 5 heteroatoms. The van der Waals surface area contributed by atoms with E-state index in [0.717, 1.165) is 11.4 Å². The number of benzene rings is 1. The van der Waals surface area contributed by atoms with Crippen LogP contribution in [0.2, 0.25) is 0 Å². The number of nitrogens with one attached hydrogen (secondary N) is 1. The third-order valence-corrected chi connectivity index (χ3v) is 2.37. The third-order valence-electron chi connectivity index (χ3n) is 2.37. The van der Waals surface area contributed by atoms with Gasteiger partial charge in [0.1, 0.15) is 5.75 Å². The molecule has 0 saturated carbocycles. The number of carbonyl (C=O) groups excluding carboxylic acids is 1. The van der Waals surface area contributed by atoms with Gasteiger partial charge in [0.15, 0.2) is 0 Å². The average Bonchev–Trinajstić information content (AvgIpc) is 2.42. The number of aromatic nitrogens is 1. The smallest absolute Gasteiger partial charge is 0.255 e. The highest BCUT2D eigenvalue weighted by molar-refractivity contribution is 6.04. The molecule has 0 spiro atoms. The Hall–Kier alpha value is -2.07. The van der Waals surface area contributed by atoms with Crippen molar-refractivity contribution in [1.82, 2.24) is 4.98 Å². The van der Waals surface area contributed by atoms with Crippen molar-refractivity contribution in [1.29, 1.82) is 0 Å². The topological polar surface area (TPSA) is 51.2 Å². The average molecular weight is 279 g/mol. The number of amides is 1. The molecule has 1 N–H and O–H groups in total. The van der Waals surface area contributed by atoms with E-state index in [1.807, 2.05) is 31.2 Å². The van der Waals surface area contributed by atoms with Gasteiger partial charge >= 0.3 is 0 Å². The highest BCUT2D eigenvalue weighted by Crippen LogP contribution is 2.16. The molecule has 0 bridgehead atoms. The minimum absolute atomic E-state index is 0. The van der Waals surface area contributed by atoms with Crippen molar-refractivity contribution in [2.45, 2.75) is 6.92 Å². The Kier molecular flexibility index (Phi) is 5.82. The number of nitrogens with zero attached hydrogens (tertiary/aromatic N) is 1. The minimum Gasteiger partial charge on any atom is -0.494 e. The van der Waals surface area contributed by atoms with Crippen molar-refractivity contribution in [3.63, 3.8) is 0 Å². The first kappa shape index (κ1) is 15.0. The van der Waals surface area contributed by atoms with Crippen LogP contribution in [0.5, 0.6) is 5.75 Å². The van der Waals surface area contributed by atoms with Gasteiger partial charge in [-0.15, -0.1) is 12.4 Å². The van der Waals surface area contributed by atoms with Gasteiger partial charge in [0.25, 0.3) is 5.91 Å². The van der Waals surface area contributed by atoms with Crippen LogP contribution in [-0.4, -0.2) is 17.5 Å². The minimum atomic E-state index is -0.151. The SMILES string of the molecule is CCOc1ccc(NC(=O)c2ccncc2)cc1.Cl. The lowest BCUT2D eigenvalue weighted by atomic mass is 10.2. The van der Waals surface area contributed by atoms with E-state index in [0.29, 0.717) is 12.2 Å². The number of ether oxygens (including phenoxy) is 1. The number of anilines is 1. The van der Waals surface area contributed by atoms with E-state index in [-0.39, 0.29) is 18.3 Å². The zero-order valence-electron chi connectivity index (χ0n) is 10.5. The van der Waals surface area contributed by atoms with Gasteiger partial charge in [-0.2, -0.15) is 0 Å². The second-order valence-corrected chi connectivity index (χ2v) is 3.65. The van der Waals surface area contributed by atoms with Crippen LogP contribution >= 0.6 is 12.4 Å². The van der Waals surface area contributed by atoms with E-state index >= 15 is 0 Å². The van der Waals surface area contributed by atoms with Crippen LogP contribution in [0.25, 0.3) is 0 Å². The Morgan fingerprint density at radius 1 is 1.16 bits per heavy atom. The number of hydrogen-bond acceptors (Lipinski definition) is 3. The summed E-state index contributed by atoms with van der Waals surface area (Å²) in [5, 5.41) is 2.81. The van der Waals surface area contributed by atoms with E-state index < -0.39 is 0 Å². The van der Waals surface area contributed by atoms with Crippen LogP contribution in [0.3, 0.4) is 0 Å². The molecule has 0 aliphatic rings. The van der Waals surface area contributed by atoms with E-state index in [2.05, 4.69) is 10.3 Å². The normalized spacial score (nSPS) is 9.32. The first-order valence-corrected chi connectivity index (χ1v) is 5.74. The van der Waals surface area contributed by atoms with Crippen LogP contribution < -0.4 is 10.1 Å². The van der Waals surface area contributed by atoms with Crippen LogP contribution in [0, 0.1) is 0 Å². The molecule has 1 aromatic carbocycles. The number of halogens is 1. The summed E-state index contributed by atoms with van der Waals surface area (Å²) in [5.74, 6) is 0.640. The summed E-state index contributed by atoms with van der Waals surface area (Å²) in [4.78, 5) is 15.7. The monoisotopic (exact) mass is 278 g/mol. The largest absolute Gasteiger partial charge is 0.494 e. The highest BCUT2D eigenvalue weighted by Gasteiger charge is 2.04. The van der Waals surface area contributed by atoms with Gasteiger partial charge in [-0.3, -0.25) is 9.78 Å². The zero-order valence-corrected chi connectivity index (χ0v) is 11.3. The van der Waals surface area contributed by atoms with Crippen molar-refractivity contribution < 1.29 is 9.53 Å². The number of pyridine rings is 1. The van der Waals surface area contributed by atoms with Crippen molar-refractivity contribution in [3.05, 3.63) is 54.4 Å². The summed E-state index contributed by atoms with van der Waals surface area (Å²) in [6, 6.07) is 10.6. The molecule has 0 aliphatic carbocycles. The van der Waals surface area contributed by atoms with Crippen molar-refractivity contribution >= 4 is 24.0 Å². The van der Waals surface area contributed by atoms with Gasteiger partial charge < -0.3 is 10.1 Å². The van der Waals surface area contributed by atoms with Crippen LogP contribution in [-0.2, 0) is 0 Å². The maximum Gasteiger partial charge on any atom is 0.255 e. The Bertz CT molecular complexity index is 515. The zero-order chi connectivity index (χ0) is 12.8. The van der Waals surface area contributed by atoms with Crippen LogP contribution in [0.1, 0.15) is 17.3 Å². The fourth-order valence-corrected chi connectivity index (χ4v) is 1.51. The molecular weight excluding hydrogens is 264 g/mol. The lowest BCUT2D eigenvalue weighted by Gasteiger charge is -2.06. The van der Waals surface area contributed by atoms with Gasteiger partial charge in [0.05, 0.1) is 6.61 Å². The maximum atomic E-state index is 11.9. The van der Waals surface area contributed by atoms with Crippen LogP contribution in [0.15, 0.2) is 48.8 Å². The van der Waals surface area contributed by atoms with E-state index in [1.165, 1.54) is 0 Å². The number of hydrogen-bond donors (Lipinski definition) is 1. The molecule has 0 aliphatic heterocycles. The van der Waals surface area contributed by atoms with E-state index in [9.17, 15) is 4.79 Å². The van der Waals surface area contributed by atoms with Gasteiger partial charge in [0.2, 0.25) is 0 Å². The summed E-state index contributed by atoms with van der Waals surface area (Å²) >= 11 is 0. The quantitative estimate of drug-likeness (QED) is 0.935. The molecule has 2 rings (SSSR count). The van der Waals surface area contributed by atoms with Gasteiger partial charge in [-0.25, -0.2) is 0 Å². The molecule has 0 unspecified atom stereocenters. The Labute approximate surface area is 118 Å². The lowest BCUT2D eigenvalue weighted by Crippen LogP contribution is -2.11. The second-order valence-electron chi connectivity index (χ2n) is 3.65. The molecule has 1 aromatic heterocycles. The predicted octanol–water partition coefficient (Wildman–Crippen LogP) is 3.15. The molecule has 1 amide bonds.